The monoisotopic (exact) mass is 266 g/mol. The van der Waals surface area contributed by atoms with E-state index in [1.807, 2.05) is 11.0 Å². The summed E-state index contributed by atoms with van der Waals surface area (Å²) in [5.41, 5.74) is 0. The molecule has 0 aliphatic carbocycles. The van der Waals surface area contributed by atoms with E-state index in [1.54, 1.807) is 22.7 Å². The largest absolute Gasteiger partial charge is 0.333 e. The minimum atomic E-state index is 0.187. The summed E-state index contributed by atoms with van der Waals surface area (Å²) >= 11 is 3.31. The summed E-state index contributed by atoms with van der Waals surface area (Å²) in [6, 6.07) is 4.40. The smallest absolute Gasteiger partial charge is 0.264 e. The fourth-order valence-corrected chi connectivity index (χ4v) is 4.22. The van der Waals surface area contributed by atoms with E-state index in [1.165, 1.54) is 9.40 Å². The molecule has 3 rings (SSSR count). The molecular formula is C12H14N2OS2. The third-order valence-corrected chi connectivity index (χ3v) is 5.19. The van der Waals surface area contributed by atoms with Crippen LogP contribution in [0.5, 0.6) is 0 Å². The van der Waals surface area contributed by atoms with Crippen molar-refractivity contribution >= 4 is 38.0 Å². The Bertz CT molecular complexity index is 517. The lowest BCUT2D eigenvalue weighted by Gasteiger charge is -2.33. The Labute approximate surface area is 108 Å². The van der Waals surface area contributed by atoms with Gasteiger partial charge in [0.15, 0.2) is 0 Å². The molecule has 0 saturated carbocycles. The predicted molar refractivity (Wildman–Crippen MR) is 73.1 cm³/mol. The van der Waals surface area contributed by atoms with E-state index >= 15 is 0 Å². The van der Waals surface area contributed by atoms with Gasteiger partial charge in [-0.2, -0.15) is 0 Å². The highest BCUT2D eigenvalue weighted by atomic mass is 32.1. The molecular weight excluding hydrogens is 252 g/mol. The van der Waals surface area contributed by atoms with E-state index in [2.05, 4.69) is 23.7 Å². The molecule has 0 bridgehead atoms. The van der Waals surface area contributed by atoms with Gasteiger partial charge in [0, 0.05) is 35.1 Å². The topological polar surface area (TPSA) is 32.3 Å². The van der Waals surface area contributed by atoms with E-state index in [4.69, 9.17) is 0 Å². The van der Waals surface area contributed by atoms with Crippen LogP contribution in [0, 0.1) is 0 Å². The van der Waals surface area contributed by atoms with Crippen molar-refractivity contribution in [3.8, 4) is 0 Å². The summed E-state index contributed by atoms with van der Waals surface area (Å²) in [5.74, 6) is 0.187. The van der Waals surface area contributed by atoms with Crippen molar-refractivity contribution in [1.29, 1.82) is 0 Å². The van der Waals surface area contributed by atoms with Crippen LogP contribution in [0.15, 0.2) is 17.5 Å². The fourth-order valence-electron chi connectivity index (χ4n) is 2.16. The van der Waals surface area contributed by atoms with Gasteiger partial charge in [-0.25, -0.2) is 0 Å². The lowest BCUT2D eigenvalue weighted by Crippen LogP contribution is -2.52. The Morgan fingerprint density at radius 3 is 3.18 bits per heavy atom. The predicted octanol–water partition coefficient (Wildman–Crippen LogP) is 2.40. The molecule has 3 heterocycles. The van der Waals surface area contributed by atoms with Gasteiger partial charge < -0.3 is 10.2 Å². The molecule has 1 atom stereocenters. The number of fused-ring (bicyclic) bond motifs is 1. The standard InChI is InChI=1S/C12H14N2OS2/c1-8-7-13-3-4-14(8)12(15)11-6-10-9(17-11)2-5-16-10/h2,5-6,8,13H,3-4,7H2,1H3/t8-/m1/s1. The van der Waals surface area contributed by atoms with Gasteiger partial charge in [0.2, 0.25) is 0 Å². The van der Waals surface area contributed by atoms with Crippen LogP contribution in [0.2, 0.25) is 0 Å². The molecule has 1 aliphatic heterocycles. The zero-order valence-electron chi connectivity index (χ0n) is 9.60. The molecule has 2 aromatic heterocycles. The Hall–Kier alpha value is -0.910. The van der Waals surface area contributed by atoms with Gasteiger partial charge in [-0.1, -0.05) is 0 Å². The summed E-state index contributed by atoms with van der Waals surface area (Å²) in [4.78, 5) is 15.2. The number of hydrogen-bond donors (Lipinski definition) is 1. The minimum absolute atomic E-state index is 0.187. The second-order valence-electron chi connectivity index (χ2n) is 4.31. The van der Waals surface area contributed by atoms with Crippen LogP contribution in [-0.2, 0) is 0 Å². The Kier molecular flexibility index (Phi) is 2.90. The lowest BCUT2D eigenvalue weighted by atomic mass is 10.2. The van der Waals surface area contributed by atoms with Crippen molar-refractivity contribution in [3.63, 3.8) is 0 Å². The van der Waals surface area contributed by atoms with Crippen LogP contribution in [-0.4, -0.2) is 36.5 Å². The zero-order valence-corrected chi connectivity index (χ0v) is 11.2. The van der Waals surface area contributed by atoms with Gasteiger partial charge >= 0.3 is 0 Å². The van der Waals surface area contributed by atoms with Crippen molar-refractivity contribution in [1.82, 2.24) is 10.2 Å². The van der Waals surface area contributed by atoms with E-state index < -0.39 is 0 Å². The van der Waals surface area contributed by atoms with Crippen LogP contribution < -0.4 is 5.32 Å². The number of piperazine rings is 1. The number of rotatable bonds is 1. The van der Waals surface area contributed by atoms with Crippen LogP contribution in [0.25, 0.3) is 9.40 Å². The summed E-state index contributed by atoms with van der Waals surface area (Å²) in [5, 5.41) is 5.38. The van der Waals surface area contributed by atoms with Gasteiger partial charge in [0.1, 0.15) is 0 Å². The van der Waals surface area contributed by atoms with Gasteiger partial charge in [-0.05, 0) is 24.4 Å². The van der Waals surface area contributed by atoms with Gasteiger partial charge in [-0.15, -0.1) is 22.7 Å². The maximum absolute atomic E-state index is 12.4. The van der Waals surface area contributed by atoms with Crippen molar-refractivity contribution < 1.29 is 4.79 Å². The normalized spacial score (nSPS) is 21.0. The Morgan fingerprint density at radius 2 is 2.41 bits per heavy atom. The number of nitrogens with one attached hydrogen (secondary N) is 1. The maximum atomic E-state index is 12.4. The molecule has 1 N–H and O–H groups in total. The molecule has 0 spiro atoms. The first-order chi connectivity index (χ1) is 8.25. The second kappa shape index (κ2) is 4.40. The summed E-state index contributed by atoms with van der Waals surface area (Å²) in [6.07, 6.45) is 0. The molecule has 0 unspecified atom stereocenters. The molecule has 90 valence electrons. The number of nitrogens with zero attached hydrogens (tertiary/aromatic N) is 1. The van der Waals surface area contributed by atoms with Crippen LogP contribution in [0.4, 0.5) is 0 Å². The van der Waals surface area contributed by atoms with E-state index in [-0.39, 0.29) is 11.9 Å². The average molecular weight is 266 g/mol. The molecule has 1 amide bonds. The minimum Gasteiger partial charge on any atom is -0.333 e. The highest BCUT2D eigenvalue weighted by Gasteiger charge is 2.25. The molecule has 3 nitrogen and oxygen atoms in total. The third kappa shape index (κ3) is 1.99. The molecule has 1 fully saturated rings. The van der Waals surface area contributed by atoms with Crippen molar-refractivity contribution in [2.75, 3.05) is 19.6 Å². The average Bonchev–Trinajstić information content (AvgIpc) is 2.88. The fraction of sp³-hybridized carbons (Fsp3) is 0.417. The van der Waals surface area contributed by atoms with E-state index in [0.717, 1.165) is 24.5 Å². The maximum Gasteiger partial charge on any atom is 0.264 e. The van der Waals surface area contributed by atoms with Crippen molar-refractivity contribution in [3.05, 3.63) is 22.4 Å². The lowest BCUT2D eigenvalue weighted by molar-refractivity contribution is 0.0661. The molecule has 1 saturated heterocycles. The number of amides is 1. The molecule has 5 heteroatoms. The highest BCUT2D eigenvalue weighted by molar-refractivity contribution is 7.27. The number of thiophene rings is 2. The van der Waals surface area contributed by atoms with Crippen LogP contribution in [0.3, 0.4) is 0 Å². The number of carbonyl (C=O) groups is 1. The molecule has 17 heavy (non-hydrogen) atoms. The number of carbonyl (C=O) groups excluding carboxylic acids is 1. The van der Waals surface area contributed by atoms with E-state index in [9.17, 15) is 4.79 Å². The second-order valence-corrected chi connectivity index (χ2v) is 6.34. The van der Waals surface area contributed by atoms with Crippen LogP contribution >= 0.6 is 22.7 Å². The zero-order chi connectivity index (χ0) is 11.8. The summed E-state index contributed by atoms with van der Waals surface area (Å²) in [6.45, 7) is 4.70. The van der Waals surface area contributed by atoms with Gasteiger partial charge in [0.05, 0.1) is 4.88 Å². The van der Waals surface area contributed by atoms with Gasteiger partial charge in [-0.3, -0.25) is 4.79 Å². The highest BCUT2D eigenvalue weighted by Crippen LogP contribution is 2.31. The first-order valence-corrected chi connectivity index (χ1v) is 7.44. The molecule has 0 aromatic carbocycles. The summed E-state index contributed by atoms with van der Waals surface area (Å²) < 4.78 is 2.45. The summed E-state index contributed by atoms with van der Waals surface area (Å²) in [7, 11) is 0. The van der Waals surface area contributed by atoms with E-state index in [0.29, 0.717) is 0 Å². The Morgan fingerprint density at radius 1 is 1.53 bits per heavy atom. The van der Waals surface area contributed by atoms with Gasteiger partial charge in [0.25, 0.3) is 5.91 Å². The van der Waals surface area contributed by atoms with Crippen LogP contribution in [0.1, 0.15) is 16.6 Å². The van der Waals surface area contributed by atoms with Crippen molar-refractivity contribution in [2.24, 2.45) is 0 Å². The first-order valence-electron chi connectivity index (χ1n) is 5.74. The number of hydrogen-bond acceptors (Lipinski definition) is 4. The SMILES string of the molecule is C[C@@H]1CNCCN1C(=O)c1cc2sccc2s1. The Balaban J connectivity index is 1.88. The molecule has 0 radical (unpaired) electrons. The van der Waals surface area contributed by atoms with Crippen molar-refractivity contribution in [2.45, 2.75) is 13.0 Å². The quantitative estimate of drug-likeness (QED) is 0.859. The molecule has 2 aromatic rings. The third-order valence-electron chi connectivity index (χ3n) is 3.11. The molecule has 1 aliphatic rings. The first kappa shape index (κ1) is 11.2.